The van der Waals surface area contributed by atoms with Gasteiger partial charge in [0.1, 0.15) is 5.02 Å². The number of rotatable bonds is 2. The summed E-state index contributed by atoms with van der Waals surface area (Å²) in [7, 11) is 3.04. The van der Waals surface area contributed by atoms with Crippen LogP contribution in [-0.4, -0.2) is 22.9 Å². The number of nitrogens with zero attached hydrogens (tertiary/aromatic N) is 2. The van der Waals surface area contributed by atoms with Gasteiger partial charge in [0.25, 0.3) is 0 Å². The van der Waals surface area contributed by atoms with Gasteiger partial charge in [0.15, 0.2) is 5.69 Å². The van der Waals surface area contributed by atoms with Gasteiger partial charge >= 0.3 is 5.97 Å². The number of ether oxygens (including phenoxy) is 1. The van der Waals surface area contributed by atoms with E-state index in [0.717, 1.165) is 5.56 Å². The molecule has 0 N–H and O–H groups in total. The molecule has 4 nitrogen and oxygen atoms in total. The third-order valence-corrected chi connectivity index (χ3v) is 2.77. The number of esters is 1. The summed E-state index contributed by atoms with van der Waals surface area (Å²) in [5, 5.41) is 4.38. The van der Waals surface area contributed by atoms with E-state index < -0.39 is 5.97 Å². The van der Waals surface area contributed by atoms with Crippen LogP contribution in [0.1, 0.15) is 10.5 Å². The Labute approximate surface area is 104 Å². The molecule has 0 saturated carbocycles. The maximum atomic E-state index is 11.4. The predicted octanol–water partition coefficient (Wildman–Crippen LogP) is 2.53. The Hall–Kier alpha value is -1.81. The molecule has 1 aromatic carbocycles. The van der Waals surface area contributed by atoms with Crippen LogP contribution in [-0.2, 0) is 11.8 Å². The zero-order valence-corrected chi connectivity index (χ0v) is 10.2. The molecule has 0 bridgehead atoms. The van der Waals surface area contributed by atoms with Crippen molar-refractivity contribution >= 4 is 17.6 Å². The molecular weight excluding hydrogens is 240 g/mol. The number of methoxy groups -OCH3 is 1. The molecule has 0 unspecified atom stereocenters. The second-order valence-corrected chi connectivity index (χ2v) is 3.87. The fraction of sp³-hybridized carbons (Fsp3) is 0.167. The van der Waals surface area contributed by atoms with Gasteiger partial charge in [-0.1, -0.05) is 41.9 Å². The molecule has 0 aliphatic carbocycles. The van der Waals surface area contributed by atoms with Crippen LogP contribution in [0.15, 0.2) is 30.3 Å². The lowest BCUT2D eigenvalue weighted by molar-refractivity contribution is 0.0593. The first kappa shape index (κ1) is 11.7. The molecule has 0 spiro atoms. The van der Waals surface area contributed by atoms with E-state index in [4.69, 9.17) is 11.6 Å². The number of hydrogen-bond acceptors (Lipinski definition) is 3. The minimum atomic E-state index is -0.534. The van der Waals surface area contributed by atoms with Crippen LogP contribution in [0, 0.1) is 0 Å². The first-order chi connectivity index (χ1) is 8.15. The number of halogens is 1. The molecule has 2 aromatic rings. The average molecular weight is 251 g/mol. The van der Waals surface area contributed by atoms with Crippen LogP contribution in [0.5, 0.6) is 0 Å². The van der Waals surface area contributed by atoms with Crippen LogP contribution >= 0.6 is 11.6 Å². The summed E-state index contributed by atoms with van der Waals surface area (Å²) < 4.78 is 6.20. The van der Waals surface area contributed by atoms with E-state index >= 15 is 0 Å². The summed E-state index contributed by atoms with van der Waals surface area (Å²) >= 11 is 6.15. The summed E-state index contributed by atoms with van der Waals surface area (Å²) in [6.45, 7) is 0. The molecular formula is C12H11ClN2O2. The quantitative estimate of drug-likeness (QED) is 0.770. The Balaban J connectivity index is 2.57. The normalized spacial score (nSPS) is 10.3. The lowest BCUT2D eigenvalue weighted by Crippen LogP contribution is -2.03. The van der Waals surface area contributed by atoms with Crippen LogP contribution < -0.4 is 0 Å². The number of carbonyl (C=O) groups excluding carboxylic acids is 1. The number of carbonyl (C=O) groups is 1. The summed E-state index contributed by atoms with van der Waals surface area (Å²) in [5.41, 5.74) is 1.74. The zero-order valence-electron chi connectivity index (χ0n) is 9.48. The number of benzene rings is 1. The van der Waals surface area contributed by atoms with Crippen molar-refractivity contribution in [2.45, 2.75) is 0 Å². The molecule has 0 aliphatic rings. The average Bonchev–Trinajstić information content (AvgIpc) is 2.65. The van der Waals surface area contributed by atoms with E-state index in [1.54, 1.807) is 11.7 Å². The highest BCUT2D eigenvalue weighted by Crippen LogP contribution is 2.30. The van der Waals surface area contributed by atoms with E-state index in [-0.39, 0.29) is 5.69 Å². The molecule has 88 valence electrons. The fourth-order valence-electron chi connectivity index (χ4n) is 1.63. The monoisotopic (exact) mass is 250 g/mol. The van der Waals surface area contributed by atoms with E-state index in [1.165, 1.54) is 7.11 Å². The third kappa shape index (κ3) is 2.03. The summed E-state index contributed by atoms with van der Waals surface area (Å²) in [4.78, 5) is 11.4. The van der Waals surface area contributed by atoms with Gasteiger partial charge < -0.3 is 4.74 Å². The van der Waals surface area contributed by atoms with Crippen molar-refractivity contribution in [3.63, 3.8) is 0 Å². The number of hydrogen-bond donors (Lipinski definition) is 0. The van der Waals surface area contributed by atoms with Gasteiger partial charge in [-0.05, 0) is 0 Å². The predicted molar refractivity (Wildman–Crippen MR) is 65.0 cm³/mol. The molecule has 1 heterocycles. The van der Waals surface area contributed by atoms with Gasteiger partial charge in [0.05, 0.1) is 12.8 Å². The Morgan fingerprint density at radius 1 is 1.35 bits per heavy atom. The van der Waals surface area contributed by atoms with Gasteiger partial charge in [-0.25, -0.2) is 4.79 Å². The molecule has 0 atom stereocenters. The Morgan fingerprint density at radius 2 is 2.00 bits per heavy atom. The van der Waals surface area contributed by atoms with E-state index in [2.05, 4.69) is 9.84 Å². The van der Waals surface area contributed by atoms with Crippen molar-refractivity contribution < 1.29 is 9.53 Å². The number of aromatic nitrogens is 2. The van der Waals surface area contributed by atoms with Gasteiger partial charge in [0.2, 0.25) is 0 Å². The molecule has 0 radical (unpaired) electrons. The molecule has 17 heavy (non-hydrogen) atoms. The Kier molecular flexibility index (Phi) is 3.15. The van der Waals surface area contributed by atoms with Crippen molar-refractivity contribution in [1.29, 1.82) is 0 Å². The Morgan fingerprint density at radius 3 is 2.59 bits per heavy atom. The third-order valence-electron chi connectivity index (χ3n) is 2.42. The standard InChI is InChI=1S/C12H11ClN2O2/c1-15-11(8-6-4-3-5-7-8)9(13)10(14-15)12(16)17-2/h3-7H,1-2H3. The first-order valence-electron chi connectivity index (χ1n) is 5.01. The highest BCUT2D eigenvalue weighted by molar-refractivity contribution is 6.35. The summed E-state index contributed by atoms with van der Waals surface area (Å²) in [6, 6.07) is 9.52. The highest BCUT2D eigenvalue weighted by atomic mass is 35.5. The first-order valence-corrected chi connectivity index (χ1v) is 5.39. The lowest BCUT2D eigenvalue weighted by Gasteiger charge is -2.01. The van der Waals surface area contributed by atoms with Crippen molar-refractivity contribution in [2.24, 2.45) is 7.05 Å². The van der Waals surface area contributed by atoms with Crippen LogP contribution in [0.3, 0.4) is 0 Å². The van der Waals surface area contributed by atoms with Crippen molar-refractivity contribution in [2.75, 3.05) is 7.11 Å². The van der Waals surface area contributed by atoms with Crippen LogP contribution in [0.2, 0.25) is 5.02 Å². The maximum Gasteiger partial charge on any atom is 0.360 e. The second-order valence-electron chi connectivity index (χ2n) is 3.49. The van der Waals surface area contributed by atoms with Crippen molar-refractivity contribution in [1.82, 2.24) is 9.78 Å². The number of aryl methyl sites for hydroxylation is 1. The van der Waals surface area contributed by atoms with Crippen molar-refractivity contribution in [3.8, 4) is 11.3 Å². The second kappa shape index (κ2) is 4.59. The van der Waals surface area contributed by atoms with Crippen molar-refractivity contribution in [3.05, 3.63) is 41.0 Å². The molecule has 1 aromatic heterocycles. The maximum absolute atomic E-state index is 11.4. The molecule has 0 fully saturated rings. The van der Waals surface area contributed by atoms with E-state index in [0.29, 0.717) is 10.7 Å². The molecule has 0 amide bonds. The molecule has 0 aliphatic heterocycles. The smallest absolute Gasteiger partial charge is 0.360 e. The lowest BCUT2D eigenvalue weighted by atomic mass is 10.1. The Bertz CT molecular complexity index is 549. The fourth-order valence-corrected chi connectivity index (χ4v) is 1.98. The zero-order chi connectivity index (χ0) is 12.4. The molecule has 5 heteroatoms. The van der Waals surface area contributed by atoms with E-state index in [9.17, 15) is 4.79 Å². The van der Waals surface area contributed by atoms with Gasteiger partial charge in [-0.15, -0.1) is 0 Å². The highest BCUT2D eigenvalue weighted by Gasteiger charge is 2.21. The van der Waals surface area contributed by atoms with Gasteiger partial charge in [-0.3, -0.25) is 4.68 Å². The van der Waals surface area contributed by atoms with Crippen LogP contribution in [0.25, 0.3) is 11.3 Å². The minimum absolute atomic E-state index is 0.135. The minimum Gasteiger partial charge on any atom is -0.464 e. The summed E-state index contributed by atoms with van der Waals surface area (Å²) in [5.74, 6) is -0.534. The van der Waals surface area contributed by atoms with E-state index in [1.807, 2.05) is 30.3 Å². The molecule has 0 saturated heterocycles. The largest absolute Gasteiger partial charge is 0.464 e. The molecule has 2 rings (SSSR count). The van der Waals surface area contributed by atoms with Crippen LogP contribution in [0.4, 0.5) is 0 Å². The van der Waals surface area contributed by atoms with Gasteiger partial charge in [0, 0.05) is 12.6 Å². The SMILES string of the molecule is COC(=O)c1nn(C)c(-c2ccccc2)c1Cl. The topological polar surface area (TPSA) is 44.1 Å². The summed E-state index contributed by atoms with van der Waals surface area (Å²) in [6.07, 6.45) is 0. The van der Waals surface area contributed by atoms with Gasteiger partial charge in [-0.2, -0.15) is 5.10 Å².